The summed E-state index contributed by atoms with van der Waals surface area (Å²) in [6.07, 6.45) is 1.39. The van der Waals surface area contributed by atoms with Gasteiger partial charge in [0.05, 0.1) is 6.20 Å². The van der Waals surface area contributed by atoms with E-state index in [9.17, 15) is 4.79 Å². The van der Waals surface area contributed by atoms with Gasteiger partial charge in [-0.15, -0.1) is 0 Å². The van der Waals surface area contributed by atoms with Crippen molar-refractivity contribution in [2.45, 2.75) is 13.8 Å². The third-order valence-electron chi connectivity index (χ3n) is 2.36. The molecule has 0 spiro atoms. The van der Waals surface area contributed by atoms with E-state index >= 15 is 0 Å². The van der Waals surface area contributed by atoms with E-state index in [1.165, 1.54) is 6.20 Å². The summed E-state index contributed by atoms with van der Waals surface area (Å²) in [5, 5.41) is 3.33. The predicted octanol–water partition coefficient (Wildman–Crippen LogP) is 3.20. The zero-order valence-corrected chi connectivity index (χ0v) is 10.2. The molecule has 1 amide bonds. The quantitative estimate of drug-likeness (QED) is 0.891. The van der Waals surface area contributed by atoms with E-state index in [4.69, 9.17) is 16.0 Å². The number of rotatable bonds is 2. The number of carbonyl (C=O) groups excluding carboxylic acids is 1. The summed E-state index contributed by atoms with van der Waals surface area (Å²) in [5.74, 6) is 0.302. The Hall–Kier alpha value is -1.81. The Balaban J connectivity index is 2.21. The van der Waals surface area contributed by atoms with Crippen molar-refractivity contribution in [3.05, 3.63) is 46.6 Å². The van der Waals surface area contributed by atoms with Crippen LogP contribution in [0.1, 0.15) is 22.0 Å². The normalized spacial score (nSPS) is 10.3. The first-order valence-corrected chi connectivity index (χ1v) is 5.44. The van der Waals surface area contributed by atoms with Gasteiger partial charge >= 0.3 is 0 Å². The van der Waals surface area contributed by atoms with Crippen LogP contribution >= 0.6 is 11.6 Å². The lowest BCUT2D eigenvalue weighted by Crippen LogP contribution is -2.11. The highest BCUT2D eigenvalue weighted by molar-refractivity contribution is 6.31. The summed E-state index contributed by atoms with van der Waals surface area (Å²) in [6.45, 7) is 3.52. The largest absolute Gasteiger partial charge is 0.436 e. The summed E-state index contributed by atoms with van der Waals surface area (Å²) < 4.78 is 5.13. The fourth-order valence-corrected chi connectivity index (χ4v) is 1.57. The Morgan fingerprint density at radius 2 is 2.18 bits per heavy atom. The van der Waals surface area contributed by atoms with Crippen LogP contribution in [0.5, 0.6) is 0 Å². The summed E-state index contributed by atoms with van der Waals surface area (Å²) >= 11 is 5.96. The predicted molar refractivity (Wildman–Crippen MR) is 65.4 cm³/mol. The van der Waals surface area contributed by atoms with Gasteiger partial charge in [0.1, 0.15) is 0 Å². The topological polar surface area (TPSA) is 55.1 Å². The SMILES string of the molecule is Cc1ncc(C(=O)Nc2cccc(Cl)c2C)o1. The fraction of sp³-hybridized carbons (Fsp3) is 0.167. The van der Waals surface area contributed by atoms with Crippen molar-refractivity contribution in [3.8, 4) is 0 Å². The maximum absolute atomic E-state index is 11.8. The highest BCUT2D eigenvalue weighted by Crippen LogP contribution is 2.23. The molecule has 0 atom stereocenters. The van der Waals surface area contributed by atoms with E-state index < -0.39 is 0 Å². The number of nitrogens with one attached hydrogen (secondary N) is 1. The van der Waals surface area contributed by atoms with E-state index in [0.29, 0.717) is 16.6 Å². The number of hydrogen-bond donors (Lipinski definition) is 1. The molecule has 4 nitrogen and oxygen atoms in total. The summed E-state index contributed by atoms with van der Waals surface area (Å²) in [4.78, 5) is 15.7. The molecule has 0 unspecified atom stereocenters. The van der Waals surface area contributed by atoms with Gasteiger partial charge in [0.2, 0.25) is 5.76 Å². The van der Waals surface area contributed by atoms with Crippen LogP contribution in [0.4, 0.5) is 5.69 Å². The van der Waals surface area contributed by atoms with Gasteiger partial charge in [0, 0.05) is 17.6 Å². The van der Waals surface area contributed by atoms with Crippen LogP contribution in [-0.4, -0.2) is 10.9 Å². The van der Waals surface area contributed by atoms with Crippen molar-refractivity contribution in [2.24, 2.45) is 0 Å². The molecule has 0 saturated heterocycles. The van der Waals surface area contributed by atoms with E-state index in [0.717, 1.165) is 5.56 Å². The van der Waals surface area contributed by atoms with Crippen LogP contribution in [-0.2, 0) is 0 Å². The second-order valence-corrected chi connectivity index (χ2v) is 4.02. The van der Waals surface area contributed by atoms with E-state index in [-0.39, 0.29) is 11.7 Å². The minimum Gasteiger partial charge on any atom is -0.436 e. The number of aryl methyl sites for hydroxylation is 1. The summed E-state index contributed by atoms with van der Waals surface area (Å²) in [7, 11) is 0. The van der Waals surface area contributed by atoms with Gasteiger partial charge in [0.15, 0.2) is 5.89 Å². The molecule has 5 heteroatoms. The number of hydrogen-bond acceptors (Lipinski definition) is 3. The number of aromatic nitrogens is 1. The molecule has 0 radical (unpaired) electrons. The average molecular weight is 251 g/mol. The minimum atomic E-state index is -0.337. The van der Waals surface area contributed by atoms with Crippen molar-refractivity contribution < 1.29 is 9.21 Å². The highest BCUT2D eigenvalue weighted by atomic mass is 35.5. The third kappa shape index (κ3) is 2.47. The molecule has 0 fully saturated rings. The fourth-order valence-electron chi connectivity index (χ4n) is 1.39. The Kier molecular flexibility index (Phi) is 3.15. The zero-order chi connectivity index (χ0) is 12.4. The maximum Gasteiger partial charge on any atom is 0.293 e. The van der Waals surface area contributed by atoms with Gasteiger partial charge in [-0.3, -0.25) is 4.79 Å². The maximum atomic E-state index is 11.8. The Labute approximate surface area is 104 Å². The van der Waals surface area contributed by atoms with Crippen molar-refractivity contribution in [1.29, 1.82) is 0 Å². The Bertz CT molecular complexity index is 563. The smallest absolute Gasteiger partial charge is 0.293 e. The lowest BCUT2D eigenvalue weighted by molar-refractivity contribution is 0.0995. The molecule has 17 heavy (non-hydrogen) atoms. The minimum absolute atomic E-state index is 0.182. The first-order valence-electron chi connectivity index (χ1n) is 5.07. The van der Waals surface area contributed by atoms with Gasteiger partial charge < -0.3 is 9.73 Å². The number of benzene rings is 1. The monoisotopic (exact) mass is 250 g/mol. The molecule has 88 valence electrons. The van der Waals surface area contributed by atoms with Crippen LogP contribution in [0.2, 0.25) is 5.02 Å². The number of halogens is 1. The molecule has 1 heterocycles. The molecule has 0 aliphatic carbocycles. The number of nitrogens with zero attached hydrogens (tertiary/aromatic N) is 1. The van der Waals surface area contributed by atoms with Crippen LogP contribution in [0.3, 0.4) is 0 Å². The standard InChI is InChI=1S/C12H11ClN2O2/c1-7-9(13)4-3-5-10(7)15-12(16)11-6-14-8(2)17-11/h3-6H,1-2H3,(H,15,16). The van der Waals surface area contributed by atoms with Gasteiger partial charge in [-0.25, -0.2) is 4.98 Å². The summed E-state index contributed by atoms with van der Waals surface area (Å²) in [6, 6.07) is 5.32. The van der Waals surface area contributed by atoms with Crippen LogP contribution in [0.15, 0.2) is 28.8 Å². The van der Waals surface area contributed by atoms with E-state index in [2.05, 4.69) is 10.3 Å². The lowest BCUT2D eigenvalue weighted by Gasteiger charge is -2.07. The molecule has 0 aliphatic heterocycles. The molecule has 2 aromatic rings. The number of oxazole rings is 1. The van der Waals surface area contributed by atoms with Crippen LogP contribution in [0, 0.1) is 13.8 Å². The Morgan fingerprint density at radius 1 is 1.41 bits per heavy atom. The van der Waals surface area contributed by atoms with Gasteiger partial charge in [-0.05, 0) is 24.6 Å². The molecule has 1 N–H and O–H groups in total. The Morgan fingerprint density at radius 3 is 2.82 bits per heavy atom. The number of amides is 1. The van der Waals surface area contributed by atoms with Crippen molar-refractivity contribution in [1.82, 2.24) is 4.98 Å². The van der Waals surface area contributed by atoms with Gasteiger partial charge in [0.25, 0.3) is 5.91 Å². The first-order chi connectivity index (χ1) is 8.08. The zero-order valence-electron chi connectivity index (χ0n) is 9.45. The second-order valence-electron chi connectivity index (χ2n) is 3.61. The number of carbonyl (C=O) groups is 1. The highest BCUT2D eigenvalue weighted by Gasteiger charge is 2.12. The van der Waals surface area contributed by atoms with Crippen LogP contribution < -0.4 is 5.32 Å². The molecule has 2 rings (SSSR count). The molecular weight excluding hydrogens is 240 g/mol. The third-order valence-corrected chi connectivity index (χ3v) is 2.77. The molecule has 0 saturated carbocycles. The number of anilines is 1. The van der Waals surface area contributed by atoms with Gasteiger partial charge in [-0.2, -0.15) is 0 Å². The molecular formula is C12H11ClN2O2. The van der Waals surface area contributed by atoms with Crippen molar-refractivity contribution >= 4 is 23.2 Å². The van der Waals surface area contributed by atoms with E-state index in [1.54, 1.807) is 25.1 Å². The first kappa shape index (κ1) is 11.7. The summed E-state index contributed by atoms with van der Waals surface area (Å²) in [5.41, 5.74) is 1.48. The van der Waals surface area contributed by atoms with E-state index in [1.807, 2.05) is 6.92 Å². The van der Waals surface area contributed by atoms with Gasteiger partial charge in [-0.1, -0.05) is 17.7 Å². The average Bonchev–Trinajstić information content (AvgIpc) is 2.72. The second kappa shape index (κ2) is 4.59. The molecule has 1 aromatic carbocycles. The molecule has 0 bridgehead atoms. The van der Waals surface area contributed by atoms with Crippen molar-refractivity contribution in [2.75, 3.05) is 5.32 Å². The lowest BCUT2D eigenvalue weighted by atomic mass is 10.2. The van der Waals surface area contributed by atoms with Crippen LogP contribution in [0.25, 0.3) is 0 Å². The van der Waals surface area contributed by atoms with Crippen molar-refractivity contribution in [3.63, 3.8) is 0 Å². The molecule has 0 aliphatic rings. The molecule has 1 aromatic heterocycles.